The van der Waals surface area contributed by atoms with E-state index >= 15 is 0 Å². The molecule has 16 heteroatoms. The number of likely N-dealkylation sites (N-methyl/N-ethyl adjacent to an activating group) is 1. The molecule has 16 nitrogen and oxygen atoms in total. The second kappa shape index (κ2) is 23.6. The van der Waals surface area contributed by atoms with E-state index in [1.165, 1.54) is 0 Å². The summed E-state index contributed by atoms with van der Waals surface area (Å²) >= 11 is 0. The van der Waals surface area contributed by atoms with E-state index in [1.807, 2.05) is 44.2 Å². The Hall–Kier alpha value is -6.55. The van der Waals surface area contributed by atoms with Gasteiger partial charge in [0.1, 0.15) is 36.8 Å². The Bertz CT molecular complexity index is 2180. The molecule has 1 fully saturated rings. The zero-order chi connectivity index (χ0) is 45.3. The van der Waals surface area contributed by atoms with Crippen LogP contribution in [0.2, 0.25) is 0 Å². The average molecular weight is 865 g/mol. The first kappa shape index (κ1) is 47.5. The highest BCUT2D eigenvalue weighted by molar-refractivity contribution is 6.05. The first-order chi connectivity index (χ1) is 30.4. The predicted molar refractivity (Wildman–Crippen MR) is 237 cm³/mol. The fraction of sp³-hybridized carbons (Fsp3) is 0.426. The lowest BCUT2D eigenvalue weighted by molar-refractivity contribution is -0.154. The summed E-state index contributed by atoms with van der Waals surface area (Å²) in [6.45, 7) is 6.20. The quantitative estimate of drug-likeness (QED) is 0.0508. The van der Waals surface area contributed by atoms with Gasteiger partial charge in [0.15, 0.2) is 0 Å². The Balaban J connectivity index is 1.48. The summed E-state index contributed by atoms with van der Waals surface area (Å²) in [6.07, 6.45) is 1.33. The van der Waals surface area contributed by atoms with Crippen LogP contribution in [0.5, 0.6) is 0 Å². The molecule has 336 valence electrons. The second-order valence-corrected chi connectivity index (χ2v) is 16.2. The van der Waals surface area contributed by atoms with Crippen LogP contribution in [0.15, 0.2) is 91.1 Å². The van der Waals surface area contributed by atoms with Gasteiger partial charge in [-0.2, -0.15) is 0 Å². The lowest BCUT2D eigenvalue weighted by Crippen LogP contribution is -2.61. The van der Waals surface area contributed by atoms with E-state index in [2.05, 4.69) is 31.6 Å². The van der Waals surface area contributed by atoms with Crippen molar-refractivity contribution < 1.29 is 38.3 Å². The molecule has 63 heavy (non-hydrogen) atoms. The van der Waals surface area contributed by atoms with Crippen molar-refractivity contribution in [3.63, 3.8) is 0 Å². The van der Waals surface area contributed by atoms with Crippen LogP contribution in [0.1, 0.15) is 76.0 Å². The molecule has 1 aromatic heterocycles. The van der Waals surface area contributed by atoms with Gasteiger partial charge in [-0.25, -0.2) is 4.79 Å². The smallest absolute Gasteiger partial charge is 0.408 e. The zero-order valence-electron chi connectivity index (χ0n) is 36.2. The van der Waals surface area contributed by atoms with Gasteiger partial charge in [-0.1, -0.05) is 92.7 Å². The highest BCUT2D eigenvalue weighted by Crippen LogP contribution is 2.22. The number of aromatic nitrogens is 1. The highest BCUT2D eigenvalue weighted by atomic mass is 16.5. The molecule has 0 unspecified atom stereocenters. The first-order valence-corrected chi connectivity index (χ1v) is 21.7. The third-order valence-electron chi connectivity index (χ3n) is 10.8. The minimum absolute atomic E-state index is 0.00318. The van der Waals surface area contributed by atoms with Crippen LogP contribution in [0, 0.1) is 5.92 Å². The topological polar surface area (TPSA) is 234 Å². The number of nitrogens with one attached hydrogen (secondary N) is 6. The number of aromatic amines is 1. The summed E-state index contributed by atoms with van der Waals surface area (Å²) < 4.78 is 5.37. The van der Waals surface area contributed by atoms with Gasteiger partial charge in [0.05, 0.1) is 0 Å². The Morgan fingerprint density at radius 1 is 0.841 bits per heavy atom. The van der Waals surface area contributed by atoms with E-state index in [0.29, 0.717) is 36.9 Å². The maximum Gasteiger partial charge on any atom is 0.408 e. The Morgan fingerprint density at radius 3 is 2.19 bits per heavy atom. The number of imide groups is 1. The van der Waals surface area contributed by atoms with Gasteiger partial charge in [0, 0.05) is 42.9 Å². The summed E-state index contributed by atoms with van der Waals surface area (Å²) in [5.41, 5.74) is 8.78. The van der Waals surface area contributed by atoms with Crippen LogP contribution in [0.4, 0.5) is 4.79 Å². The van der Waals surface area contributed by atoms with Crippen molar-refractivity contribution in [2.45, 2.75) is 109 Å². The molecule has 0 bridgehead atoms. The predicted octanol–water partition coefficient (Wildman–Crippen LogP) is 3.53. The molecular weight excluding hydrogens is 805 g/mol. The van der Waals surface area contributed by atoms with E-state index in [9.17, 15) is 33.6 Å². The number of hydrogen-bond donors (Lipinski definition) is 7. The number of hydrogen-bond acceptors (Lipinski definition) is 9. The van der Waals surface area contributed by atoms with Gasteiger partial charge in [-0.3, -0.25) is 33.7 Å². The zero-order valence-corrected chi connectivity index (χ0v) is 36.2. The van der Waals surface area contributed by atoms with E-state index in [4.69, 9.17) is 10.5 Å². The summed E-state index contributed by atoms with van der Waals surface area (Å²) in [6, 6.07) is 19.1. The van der Waals surface area contributed by atoms with Crippen molar-refractivity contribution in [1.29, 1.82) is 0 Å². The van der Waals surface area contributed by atoms with Crippen molar-refractivity contribution in [2.75, 3.05) is 13.1 Å². The van der Waals surface area contributed by atoms with Gasteiger partial charge < -0.3 is 42.0 Å². The molecule has 4 aromatic rings. The van der Waals surface area contributed by atoms with Crippen molar-refractivity contribution >= 4 is 52.4 Å². The van der Waals surface area contributed by atoms with Gasteiger partial charge in [0.25, 0.3) is 5.91 Å². The maximum absolute atomic E-state index is 14.8. The molecule has 2 heterocycles. The number of rotatable bonds is 20. The fourth-order valence-electron chi connectivity index (χ4n) is 7.63. The van der Waals surface area contributed by atoms with Gasteiger partial charge in [0.2, 0.25) is 29.5 Å². The normalized spacial score (nSPS) is 17.1. The van der Waals surface area contributed by atoms with Crippen LogP contribution in [-0.4, -0.2) is 94.7 Å². The number of ether oxygens (including phenoxy) is 1. The van der Waals surface area contributed by atoms with Crippen molar-refractivity contribution in [1.82, 2.24) is 36.5 Å². The monoisotopic (exact) mass is 864 g/mol. The molecule has 3 aromatic carbocycles. The molecular formula is C47H60N8O8. The minimum atomic E-state index is -1.43. The van der Waals surface area contributed by atoms with Crippen LogP contribution >= 0.6 is 0 Å². The molecule has 8 N–H and O–H groups in total. The largest absolute Gasteiger partial charge is 0.445 e. The third-order valence-corrected chi connectivity index (χ3v) is 10.8. The summed E-state index contributed by atoms with van der Waals surface area (Å²) in [5, 5.41) is 14.6. The van der Waals surface area contributed by atoms with Crippen LogP contribution in [0.25, 0.3) is 10.9 Å². The summed E-state index contributed by atoms with van der Waals surface area (Å²) in [4.78, 5) is 103. The Labute approximate surface area is 367 Å². The first-order valence-electron chi connectivity index (χ1n) is 21.7. The number of carbonyl (C=O) groups is 7. The van der Waals surface area contributed by atoms with Crippen molar-refractivity contribution in [2.24, 2.45) is 11.7 Å². The lowest BCUT2D eigenvalue weighted by atomic mass is 9.99. The number of nitrogens with two attached hydrogens (primary N) is 1. The Morgan fingerprint density at radius 2 is 1.51 bits per heavy atom. The Kier molecular flexibility index (Phi) is 17.8. The molecule has 1 aliphatic rings. The molecule has 5 rings (SSSR count). The number of fused-ring (bicyclic) bond motifs is 1. The number of unbranched alkanes of at least 4 members (excludes halogenated alkanes) is 1. The third kappa shape index (κ3) is 13.7. The number of benzene rings is 3. The fourth-order valence-corrected chi connectivity index (χ4v) is 7.63. The lowest BCUT2D eigenvalue weighted by Gasteiger charge is -2.33. The number of H-pyrrole nitrogens is 1. The molecule has 1 aliphatic heterocycles. The molecule has 0 aliphatic carbocycles. The summed E-state index contributed by atoms with van der Waals surface area (Å²) in [5.74, 6) is -4.03. The SMILES string of the molecule is CCNC(=O)[C@H](CC(C)C)NC(=O)[C@H](Cc1c[nH]c2ccccc12)NC(=O)[C@H](CCCCN)N1C(=O)CC[C@@H](NC(=O)OCc2ccccc2)C(=O)N[C@H](Cc2ccccc2)C1=O. The molecule has 1 saturated heterocycles. The average Bonchev–Trinajstić information content (AvgIpc) is 3.69. The highest BCUT2D eigenvalue weighted by Gasteiger charge is 2.42. The van der Waals surface area contributed by atoms with Crippen molar-refractivity contribution in [3.05, 3.63) is 108 Å². The van der Waals surface area contributed by atoms with Crippen LogP contribution in [-0.2, 0) is 53.0 Å². The molecule has 0 radical (unpaired) electrons. The number of amides is 7. The van der Waals surface area contributed by atoms with Crippen LogP contribution in [0.3, 0.4) is 0 Å². The maximum atomic E-state index is 14.8. The number of carbonyl (C=O) groups excluding carboxylic acids is 7. The number of para-hydroxylation sites is 1. The van der Waals surface area contributed by atoms with E-state index < -0.39 is 72.3 Å². The second-order valence-electron chi connectivity index (χ2n) is 16.2. The van der Waals surface area contributed by atoms with E-state index in [1.54, 1.807) is 67.7 Å². The molecule has 0 spiro atoms. The molecule has 5 atom stereocenters. The molecule has 0 saturated carbocycles. The number of alkyl carbamates (subject to hydrolysis) is 1. The summed E-state index contributed by atoms with van der Waals surface area (Å²) in [7, 11) is 0. The van der Waals surface area contributed by atoms with E-state index in [0.717, 1.165) is 21.4 Å². The molecule has 7 amide bonds. The standard InChI is InChI=1S/C47H60N8O8/c1-4-49-42(57)37(25-30(2)3)51-44(59)38(27-33-28-50-35-20-12-11-19-34(33)35)52-45(60)40(21-13-14-24-48)55-41(56)23-22-36(54-47(62)63-29-32-17-9-6-10-18-32)43(58)53-39(46(55)61)26-31-15-7-5-8-16-31/h5-12,15-20,28,30,36-40,50H,4,13-14,21-27,29,48H2,1-3H3,(H,49,57)(H,51,59)(H,52,60)(H,53,58)(H,54,62)/t36-,37+,38+,39-,40+/m1/s1. The van der Waals surface area contributed by atoms with Gasteiger partial charge >= 0.3 is 6.09 Å². The van der Waals surface area contributed by atoms with E-state index in [-0.39, 0.29) is 50.7 Å². The van der Waals surface area contributed by atoms with Crippen LogP contribution < -0.4 is 32.3 Å². The minimum Gasteiger partial charge on any atom is -0.445 e. The van der Waals surface area contributed by atoms with Gasteiger partial charge in [-0.15, -0.1) is 0 Å². The van der Waals surface area contributed by atoms with Crippen molar-refractivity contribution in [3.8, 4) is 0 Å². The number of nitrogens with zero attached hydrogens (tertiary/aromatic N) is 1. The van der Waals surface area contributed by atoms with Gasteiger partial charge in [-0.05, 0) is 74.2 Å².